The molecule has 0 aromatic carbocycles. The highest BCUT2D eigenvalue weighted by atomic mass is 16.8. The molecular weight excluding hydrogens is 472 g/mol. The van der Waals surface area contributed by atoms with E-state index in [1.807, 2.05) is 0 Å². The van der Waals surface area contributed by atoms with Crippen LogP contribution in [0.2, 0.25) is 0 Å². The predicted molar refractivity (Wildman–Crippen MR) is 102 cm³/mol. The van der Waals surface area contributed by atoms with E-state index in [9.17, 15) is 55.9 Å². The van der Waals surface area contributed by atoms with E-state index in [4.69, 9.17) is 24.1 Å². The molecule has 0 spiro atoms. The Morgan fingerprint density at radius 1 is 0.765 bits per heavy atom. The van der Waals surface area contributed by atoms with Gasteiger partial charge in [0.25, 0.3) is 0 Å². The van der Waals surface area contributed by atoms with Gasteiger partial charge in [-0.3, -0.25) is 4.79 Å². The van der Waals surface area contributed by atoms with E-state index >= 15 is 0 Å². The summed E-state index contributed by atoms with van der Waals surface area (Å²) in [5, 5.41) is 107. The first-order valence-electron chi connectivity index (χ1n) is 10.4. The van der Waals surface area contributed by atoms with Crippen LogP contribution in [-0.4, -0.2) is 168 Å². The molecule has 0 amide bonds. The average molecular weight is 504 g/mol. The first-order chi connectivity index (χ1) is 16.0. The van der Waals surface area contributed by atoms with Crippen molar-refractivity contribution in [2.75, 3.05) is 26.4 Å². The lowest BCUT2D eigenvalue weighted by Gasteiger charge is -2.46. The Bertz CT molecular complexity index is 635. The van der Waals surface area contributed by atoms with Crippen molar-refractivity contribution in [3.8, 4) is 0 Å². The van der Waals surface area contributed by atoms with Gasteiger partial charge in [0.05, 0.1) is 19.8 Å². The topological polar surface area (TPSA) is 277 Å². The molecule has 200 valence electrons. The summed E-state index contributed by atoms with van der Waals surface area (Å²) in [4.78, 5) is 11.3. The highest BCUT2D eigenvalue weighted by Gasteiger charge is 2.51. The van der Waals surface area contributed by atoms with Crippen molar-refractivity contribution >= 4 is 5.78 Å². The Balaban J connectivity index is 2.14. The van der Waals surface area contributed by atoms with Gasteiger partial charge in [-0.1, -0.05) is 0 Å². The number of Topliss-reactive ketones (excluding diaryl/α,β-unsaturated/α-hetero) is 1. The van der Waals surface area contributed by atoms with Gasteiger partial charge in [-0.05, 0) is 0 Å². The van der Waals surface area contributed by atoms with Gasteiger partial charge in [-0.15, -0.1) is 0 Å². The predicted octanol–water partition coefficient (Wildman–Crippen LogP) is -7.73. The Morgan fingerprint density at radius 3 is 1.82 bits per heavy atom. The highest BCUT2D eigenvalue weighted by Crippen LogP contribution is 2.29. The maximum Gasteiger partial charge on any atom is 0.189 e. The lowest BCUT2D eigenvalue weighted by atomic mass is 9.97. The molecule has 11 N–H and O–H groups in total. The molecule has 2 saturated heterocycles. The van der Waals surface area contributed by atoms with Crippen molar-refractivity contribution in [1.29, 1.82) is 0 Å². The maximum absolute atomic E-state index is 11.3. The van der Waals surface area contributed by atoms with Crippen LogP contribution in [0.3, 0.4) is 0 Å². The van der Waals surface area contributed by atoms with Gasteiger partial charge in [0.15, 0.2) is 18.4 Å². The fraction of sp³-hybridized carbons (Fsp3) is 0.944. The monoisotopic (exact) mass is 504 g/mol. The number of hydrogen-bond acceptors (Lipinski definition) is 16. The van der Waals surface area contributed by atoms with Crippen molar-refractivity contribution in [2.45, 2.75) is 79.7 Å². The van der Waals surface area contributed by atoms with Crippen LogP contribution in [0.15, 0.2) is 0 Å². The Kier molecular flexibility index (Phi) is 11.1. The molecular formula is C18H32O16. The third-order valence-corrected chi connectivity index (χ3v) is 5.60. The third-order valence-electron chi connectivity index (χ3n) is 5.60. The molecule has 2 aliphatic heterocycles. The summed E-state index contributed by atoms with van der Waals surface area (Å²) in [5.74, 6) is -1.18. The van der Waals surface area contributed by atoms with E-state index < -0.39 is 112 Å². The number of rotatable bonds is 11. The minimum absolute atomic E-state index is 0.775. The van der Waals surface area contributed by atoms with Crippen LogP contribution >= 0.6 is 0 Å². The van der Waals surface area contributed by atoms with Crippen LogP contribution in [-0.2, 0) is 23.7 Å². The first-order valence-corrected chi connectivity index (χ1v) is 10.4. The summed E-state index contributed by atoms with van der Waals surface area (Å²) in [5.41, 5.74) is 0. The van der Waals surface area contributed by atoms with Gasteiger partial charge in [-0.2, -0.15) is 0 Å². The van der Waals surface area contributed by atoms with Gasteiger partial charge in [0.1, 0.15) is 73.8 Å². The minimum Gasteiger partial charge on any atom is -0.394 e. The van der Waals surface area contributed by atoms with Gasteiger partial charge in [-0.25, -0.2) is 0 Å². The maximum atomic E-state index is 11.3. The molecule has 0 saturated carbocycles. The second kappa shape index (κ2) is 12.9. The fourth-order valence-electron chi connectivity index (χ4n) is 3.46. The third kappa shape index (κ3) is 6.44. The Hall–Kier alpha value is -0.930. The molecule has 0 aliphatic carbocycles. The summed E-state index contributed by atoms with van der Waals surface area (Å²) in [6.07, 6.45) is -23.1. The van der Waals surface area contributed by atoms with Crippen molar-refractivity contribution in [2.24, 2.45) is 0 Å². The van der Waals surface area contributed by atoms with E-state index in [0.29, 0.717) is 0 Å². The molecule has 2 fully saturated rings. The van der Waals surface area contributed by atoms with Gasteiger partial charge in [0, 0.05) is 0 Å². The smallest absolute Gasteiger partial charge is 0.189 e. The second-order valence-corrected chi connectivity index (χ2v) is 7.97. The summed E-state index contributed by atoms with van der Waals surface area (Å²) in [6.45, 7) is -3.52. The van der Waals surface area contributed by atoms with E-state index in [1.54, 1.807) is 0 Å². The quantitative estimate of drug-likeness (QED) is 0.125. The zero-order valence-corrected chi connectivity index (χ0v) is 17.8. The number of carbonyl (C=O) groups is 1. The molecule has 0 unspecified atom stereocenters. The average Bonchev–Trinajstić information content (AvgIpc) is 2.84. The van der Waals surface area contributed by atoms with Crippen LogP contribution in [0.5, 0.6) is 0 Å². The molecule has 2 heterocycles. The molecule has 0 aromatic heterocycles. The number of ketones is 1. The van der Waals surface area contributed by atoms with E-state index in [1.165, 1.54) is 0 Å². The molecule has 2 rings (SSSR count). The SMILES string of the molecule is O=C(CO)[C@@H](O)[C@H](O)[C@H](O)CO[C@H]1O[C@H](CO)[C@@H](O)[C@H](O)[C@H]1O[C@H]1O[C@H](CO)[C@@H](O)[C@H](O)[C@H]1O. The van der Waals surface area contributed by atoms with Crippen molar-refractivity contribution in [1.82, 2.24) is 0 Å². The number of carbonyl (C=O) groups excluding carboxylic acids is 1. The molecule has 16 nitrogen and oxygen atoms in total. The molecule has 0 aromatic rings. The molecule has 16 heteroatoms. The molecule has 0 bridgehead atoms. The van der Waals surface area contributed by atoms with Crippen LogP contribution in [0, 0.1) is 0 Å². The minimum atomic E-state index is -2.14. The van der Waals surface area contributed by atoms with Gasteiger partial charge in [0.2, 0.25) is 0 Å². The summed E-state index contributed by atoms with van der Waals surface area (Å²) in [6, 6.07) is 0. The number of ether oxygens (including phenoxy) is 4. The molecule has 34 heavy (non-hydrogen) atoms. The van der Waals surface area contributed by atoms with Crippen LogP contribution in [0.4, 0.5) is 0 Å². The largest absolute Gasteiger partial charge is 0.394 e. The normalized spacial score (nSPS) is 41.6. The number of aliphatic hydroxyl groups is 11. The Morgan fingerprint density at radius 2 is 1.29 bits per heavy atom. The zero-order valence-electron chi connectivity index (χ0n) is 17.8. The lowest BCUT2D eigenvalue weighted by Crippen LogP contribution is -2.64. The number of aliphatic hydroxyl groups excluding tert-OH is 11. The highest BCUT2D eigenvalue weighted by molar-refractivity contribution is 5.84. The van der Waals surface area contributed by atoms with Crippen LogP contribution < -0.4 is 0 Å². The van der Waals surface area contributed by atoms with E-state index in [0.717, 1.165) is 0 Å². The lowest BCUT2D eigenvalue weighted by molar-refractivity contribution is -0.369. The fourth-order valence-corrected chi connectivity index (χ4v) is 3.46. The van der Waals surface area contributed by atoms with E-state index in [2.05, 4.69) is 0 Å². The van der Waals surface area contributed by atoms with Crippen molar-refractivity contribution in [3.05, 3.63) is 0 Å². The summed E-state index contributed by atoms with van der Waals surface area (Å²) in [7, 11) is 0. The molecule has 13 atom stereocenters. The van der Waals surface area contributed by atoms with Crippen molar-refractivity contribution < 1.29 is 79.9 Å². The van der Waals surface area contributed by atoms with Crippen LogP contribution in [0.1, 0.15) is 0 Å². The van der Waals surface area contributed by atoms with Gasteiger partial charge < -0.3 is 75.1 Å². The standard InChI is InChI=1S/C18H32O16/c19-1-5(22)9(24)10(25)6(23)4-31-18-16(14(29)12(27)8(3-21)33-18)34-17-15(30)13(28)11(26)7(2-20)32-17/h6-21,23-30H,1-4H2/t6-,7-,8-,9-,10-,11-,12-,13+,14+,15-,16-,17-,18+/m1/s1. The zero-order chi connectivity index (χ0) is 25.7. The second-order valence-electron chi connectivity index (χ2n) is 7.97. The molecule has 2 aliphatic rings. The van der Waals surface area contributed by atoms with Crippen molar-refractivity contribution in [3.63, 3.8) is 0 Å². The van der Waals surface area contributed by atoms with E-state index in [-0.39, 0.29) is 0 Å². The molecule has 0 radical (unpaired) electrons. The number of hydrogen-bond donors (Lipinski definition) is 11. The first kappa shape index (κ1) is 29.3. The summed E-state index contributed by atoms with van der Waals surface area (Å²) < 4.78 is 21.1. The van der Waals surface area contributed by atoms with Crippen LogP contribution in [0.25, 0.3) is 0 Å². The van der Waals surface area contributed by atoms with Gasteiger partial charge >= 0.3 is 0 Å². The summed E-state index contributed by atoms with van der Waals surface area (Å²) >= 11 is 0. The Labute approximate surface area is 192 Å².